The van der Waals surface area contributed by atoms with E-state index < -0.39 is 10.0 Å². The summed E-state index contributed by atoms with van der Waals surface area (Å²) in [4.78, 5) is 11.2. The predicted molar refractivity (Wildman–Crippen MR) is 92.2 cm³/mol. The molecule has 23 heavy (non-hydrogen) atoms. The van der Waals surface area contributed by atoms with Crippen LogP contribution in [0.4, 0.5) is 11.4 Å². The third-order valence-electron chi connectivity index (χ3n) is 2.91. The van der Waals surface area contributed by atoms with E-state index in [-0.39, 0.29) is 16.6 Å². The molecule has 0 saturated heterocycles. The second kappa shape index (κ2) is 7.01. The fourth-order valence-corrected chi connectivity index (χ4v) is 3.49. The van der Waals surface area contributed by atoms with E-state index in [0.717, 1.165) is 0 Å². The highest BCUT2D eigenvalue weighted by Crippen LogP contribution is 2.30. The number of benzene rings is 2. The van der Waals surface area contributed by atoms with Gasteiger partial charge in [-0.3, -0.25) is 9.52 Å². The molecule has 2 aromatic carbocycles. The number of rotatable bonds is 5. The van der Waals surface area contributed by atoms with Crippen molar-refractivity contribution in [2.75, 3.05) is 17.1 Å². The molecule has 6 nitrogen and oxygen atoms in total. The van der Waals surface area contributed by atoms with Crippen LogP contribution in [0.2, 0.25) is 0 Å². The van der Waals surface area contributed by atoms with Crippen molar-refractivity contribution in [3.8, 4) is 5.75 Å². The third kappa shape index (κ3) is 4.23. The summed E-state index contributed by atoms with van der Waals surface area (Å²) in [6.07, 6.45) is 0. The maximum atomic E-state index is 12.5. The Morgan fingerprint density at radius 3 is 2.43 bits per heavy atom. The van der Waals surface area contributed by atoms with Crippen LogP contribution in [0.1, 0.15) is 6.92 Å². The molecule has 0 fully saturated rings. The molecule has 0 aliphatic rings. The van der Waals surface area contributed by atoms with Crippen molar-refractivity contribution in [3.63, 3.8) is 0 Å². The predicted octanol–water partition coefficient (Wildman–Crippen LogP) is 3.22. The Balaban J connectivity index is 2.36. The van der Waals surface area contributed by atoms with Gasteiger partial charge in [0.25, 0.3) is 10.0 Å². The molecule has 8 heteroatoms. The van der Waals surface area contributed by atoms with Gasteiger partial charge in [-0.05, 0) is 40.2 Å². The number of ether oxygens (including phenoxy) is 1. The number of hydrogen-bond acceptors (Lipinski definition) is 4. The largest absolute Gasteiger partial charge is 0.495 e. The van der Waals surface area contributed by atoms with Gasteiger partial charge in [0.15, 0.2) is 0 Å². The summed E-state index contributed by atoms with van der Waals surface area (Å²) in [6, 6.07) is 11.1. The lowest BCUT2D eigenvalue weighted by atomic mass is 10.3. The lowest BCUT2D eigenvalue weighted by molar-refractivity contribution is -0.114. The molecule has 0 saturated carbocycles. The normalized spacial score (nSPS) is 10.9. The Labute approximate surface area is 143 Å². The third-order valence-corrected chi connectivity index (χ3v) is 4.97. The first-order valence-electron chi connectivity index (χ1n) is 6.56. The van der Waals surface area contributed by atoms with E-state index in [4.69, 9.17) is 4.74 Å². The molecule has 0 spiro atoms. The number of carbonyl (C=O) groups is 1. The number of amides is 1. The quantitative estimate of drug-likeness (QED) is 0.809. The minimum absolute atomic E-state index is 0.0270. The Morgan fingerprint density at radius 2 is 1.83 bits per heavy atom. The Bertz CT molecular complexity index is 837. The van der Waals surface area contributed by atoms with E-state index in [1.807, 2.05) is 0 Å². The highest BCUT2D eigenvalue weighted by atomic mass is 79.9. The van der Waals surface area contributed by atoms with E-state index in [0.29, 0.717) is 15.8 Å². The zero-order valence-corrected chi connectivity index (χ0v) is 14.9. The molecule has 0 atom stereocenters. The van der Waals surface area contributed by atoms with Crippen LogP contribution < -0.4 is 14.8 Å². The molecule has 0 bridgehead atoms. The summed E-state index contributed by atoms with van der Waals surface area (Å²) in [7, 11) is -2.39. The molecule has 2 N–H and O–H groups in total. The number of sulfonamides is 1. The molecule has 0 aliphatic carbocycles. The van der Waals surface area contributed by atoms with E-state index in [1.54, 1.807) is 24.3 Å². The number of methoxy groups -OCH3 is 1. The average molecular weight is 399 g/mol. The van der Waals surface area contributed by atoms with Crippen molar-refractivity contribution >= 4 is 43.2 Å². The van der Waals surface area contributed by atoms with Gasteiger partial charge in [0.1, 0.15) is 5.75 Å². The van der Waals surface area contributed by atoms with Crippen molar-refractivity contribution in [2.45, 2.75) is 11.8 Å². The van der Waals surface area contributed by atoms with Crippen LogP contribution in [0.5, 0.6) is 5.75 Å². The number of para-hydroxylation sites is 1. The minimum atomic E-state index is -3.79. The minimum Gasteiger partial charge on any atom is -0.495 e. The summed E-state index contributed by atoms with van der Waals surface area (Å²) in [6.45, 7) is 1.36. The fourth-order valence-electron chi connectivity index (χ4n) is 1.88. The van der Waals surface area contributed by atoms with Gasteiger partial charge in [-0.1, -0.05) is 12.1 Å². The smallest absolute Gasteiger partial charge is 0.262 e. The zero-order chi connectivity index (χ0) is 17.0. The first-order chi connectivity index (χ1) is 10.8. The maximum Gasteiger partial charge on any atom is 0.262 e. The monoisotopic (exact) mass is 398 g/mol. The van der Waals surface area contributed by atoms with Gasteiger partial charge in [-0.15, -0.1) is 0 Å². The van der Waals surface area contributed by atoms with Gasteiger partial charge < -0.3 is 10.1 Å². The van der Waals surface area contributed by atoms with Crippen LogP contribution in [0.15, 0.2) is 51.8 Å². The molecule has 1 amide bonds. The van der Waals surface area contributed by atoms with Gasteiger partial charge in [0, 0.05) is 17.5 Å². The number of hydrogen-bond donors (Lipinski definition) is 2. The Hall–Kier alpha value is -2.06. The molecular formula is C15H15BrN2O4S. The summed E-state index contributed by atoms with van der Waals surface area (Å²) in [5.74, 6) is -0.0135. The van der Waals surface area contributed by atoms with E-state index >= 15 is 0 Å². The van der Waals surface area contributed by atoms with Crippen LogP contribution in [-0.2, 0) is 14.8 Å². The average Bonchev–Trinajstić information content (AvgIpc) is 2.49. The second-order valence-electron chi connectivity index (χ2n) is 4.63. The van der Waals surface area contributed by atoms with Crippen molar-refractivity contribution in [2.24, 2.45) is 0 Å². The summed E-state index contributed by atoms with van der Waals surface area (Å²) >= 11 is 3.29. The fraction of sp³-hybridized carbons (Fsp3) is 0.133. The van der Waals surface area contributed by atoms with Crippen molar-refractivity contribution in [1.82, 2.24) is 0 Å². The standard InChI is InChI=1S/C15H15BrN2O4S/c1-10(19)17-14-8-7-11(9-15(14)22-2)23(20,21)18-13-6-4-3-5-12(13)16/h3-9,18H,1-2H3,(H,17,19). The van der Waals surface area contributed by atoms with Crippen LogP contribution in [0, 0.1) is 0 Å². The lowest BCUT2D eigenvalue weighted by Gasteiger charge is -2.13. The van der Waals surface area contributed by atoms with Gasteiger partial charge in [-0.25, -0.2) is 8.42 Å². The molecule has 0 aliphatic heterocycles. The first kappa shape index (κ1) is 17.3. The van der Waals surface area contributed by atoms with E-state index in [1.165, 1.54) is 32.2 Å². The molecule has 0 unspecified atom stereocenters. The SMILES string of the molecule is COc1cc(S(=O)(=O)Nc2ccccc2Br)ccc1NC(C)=O. The van der Waals surface area contributed by atoms with Crippen molar-refractivity contribution in [1.29, 1.82) is 0 Å². The molecule has 122 valence electrons. The Morgan fingerprint density at radius 1 is 1.13 bits per heavy atom. The second-order valence-corrected chi connectivity index (χ2v) is 7.17. The number of halogens is 1. The highest BCUT2D eigenvalue weighted by molar-refractivity contribution is 9.10. The molecule has 0 aromatic heterocycles. The molecule has 2 rings (SSSR count). The molecule has 0 radical (unpaired) electrons. The van der Waals surface area contributed by atoms with Crippen LogP contribution in [0.3, 0.4) is 0 Å². The number of nitrogens with one attached hydrogen (secondary N) is 2. The van der Waals surface area contributed by atoms with Crippen LogP contribution in [0.25, 0.3) is 0 Å². The molecular weight excluding hydrogens is 384 g/mol. The van der Waals surface area contributed by atoms with Crippen LogP contribution in [-0.4, -0.2) is 21.4 Å². The number of carbonyl (C=O) groups excluding carboxylic acids is 1. The van der Waals surface area contributed by atoms with Gasteiger partial charge in [-0.2, -0.15) is 0 Å². The molecule has 2 aromatic rings. The lowest BCUT2D eigenvalue weighted by Crippen LogP contribution is -2.14. The first-order valence-corrected chi connectivity index (χ1v) is 8.84. The summed E-state index contributed by atoms with van der Waals surface area (Å²) in [5.41, 5.74) is 0.831. The highest BCUT2D eigenvalue weighted by Gasteiger charge is 2.18. The topological polar surface area (TPSA) is 84.5 Å². The van der Waals surface area contributed by atoms with Gasteiger partial charge in [0.05, 0.1) is 23.4 Å². The van der Waals surface area contributed by atoms with Crippen molar-refractivity contribution < 1.29 is 17.9 Å². The van der Waals surface area contributed by atoms with E-state index in [9.17, 15) is 13.2 Å². The maximum absolute atomic E-state index is 12.5. The summed E-state index contributed by atoms with van der Waals surface area (Å²) in [5, 5.41) is 2.58. The zero-order valence-electron chi connectivity index (χ0n) is 12.5. The van der Waals surface area contributed by atoms with Gasteiger partial charge in [0.2, 0.25) is 5.91 Å². The summed E-state index contributed by atoms with van der Waals surface area (Å²) < 4.78 is 33.2. The van der Waals surface area contributed by atoms with Crippen molar-refractivity contribution in [3.05, 3.63) is 46.9 Å². The Kier molecular flexibility index (Phi) is 5.27. The number of anilines is 2. The van der Waals surface area contributed by atoms with Crippen LogP contribution >= 0.6 is 15.9 Å². The molecule has 0 heterocycles. The van der Waals surface area contributed by atoms with E-state index in [2.05, 4.69) is 26.0 Å². The van der Waals surface area contributed by atoms with Gasteiger partial charge >= 0.3 is 0 Å².